The Hall–Kier alpha value is -4.41. The molecule has 8 nitrogen and oxygen atoms in total. The van der Waals surface area contributed by atoms with Crippen LogP contribution in [0.3, 0.4) is 0 Å². The van der Waals surface area contributed by atoms with Crippen LogP contribution in [0.5, 0.6) is 0 Å². The van der Waals surface area contributed by atoms with Crippen molar-refractivity contribution < 1.29 is 10.8 Å². The summed E-state index contributed by atoms with van der Waals surface area (Å²) in [7, 11) is 1.42. The molecule has 10 heteroatoms. The maximum atomic E-state index is 5.01. The van der Waals surface area contributed by atoms with E-state index in [1.54, 1.807) is 0 Å². The molecule has 0 saturated carbocycles. The van der Waals surface area contributed by atoms with Crippen molar-refractivity contribution in [3.05, 3.63) is 90.5 Å². The van der Waals surface area contributed by atoms with E-state index in [0.29, 0.717) is 45.9 Å². The number of aromatic nitrogens is 8. The first-order chi connectivity index (χ1) is 20.2. The fraction of sp³-hybridized carbons (Fsp3) is 0. The number of rotatable bonds is 2. The Morgan fingerprint density at radius 1 is 0.585 bits per heavy atom. The molecule has 2 aliphatic rings. The van der Waals surface area contributed by atoms with E-state index in [0.717, 1.165) is 38.6 Å². The zero-order valence-corrected chi connectivity index (χ0v) is 24.2. The second-order valence-corrected chi connectivity index (χ2v) is 11.5. The van der Waals surface area contributed by atoms with Crippen LogP contribution >= 0.6 is 20.5 Å². The van der Waals surface area contributed by atoms with Crippen molar-refractivity contribution in [3.63, 3.8) is 0 Å². The summed E-state index contributed by atoms with van der Waals surface area (Å²) in [5.41, 5.74) is 6.86. The number of fused-ring (bicyclic) bond motifs is 17. The summed E-state index contributed by atoms with van der Waals surface area (Å²) in [4.78, 5) is 38.4. The van der Waals surface area contributed by atoms with Crippen molar-refractivity contribution in [2.45, 2.75) is 0 Å². The fourth-order valence-electron chi connectivity index (χ4n) is 5.08. The topological polar surface area (TPSA) is 109 Å². The molecule has 199 valence electrons. The van der Waals surface area contributed by atoms with Crippen molar-refractivity contribution in [1.29, 1.82) is 0 Å². The number of aromatic amines is 2. The van der Waals surface area contributed by atoms with Crippen LogP contribution in [0.25, 0.3) is 85.0 Å². The first-order valence-corrected chi connectivity index (χ1v) is 16.4. The van der Waals surface area contributed by atoms with Gasteiger partial charge in [-0.3, -0.25) is 0 Å². The first-order valence-electron chi connectivity index (χ1n) is 12.7. The molecule has 5 heterocycles. The molecule has 6 aromatic rings. The average Bonchev–Trinajstić information content (AvgIpc) is 3.74. The number of nitrogens with zero attached hydrogens (tertiary/aromatic N) is 6. The van der Waals surface area contributed by atoms with Gasteiger partial charge in [0.25, 0.3) is 0 Å². The zero-order chi connectivity index (χ0) is 27.3. The number of allylic oxidation sites excluding steroid dienone is 1. The van der Waals surface area contributed by atoms with Crippen molar-refractivity contribution in [3.8, 4) is 45.6 Å². The first kappa shape index (κ1) is 24.4. The molecule has 0 saturated heterocycles. The van der Waals surface area contributed by atoms with Gasteiger partial charge < -0.3 is 0 Å². The van der Waals surface area contributed by atoms with Crippen molar-refractivity contribution in [2.75, 3.05) is 0 Å². The number of nitrogens with one attached hydrogen (secondary N) is 2. The van der Waals surface area contributed by atoms with Crippen LogP contribution < -0.4 is 0 Å². The third kappa shape index (κ3) is 4.22. The molecular formula is C31H17IN8Ni-. The summed E-state index contributed by atoms with van der Waals surface area (Å²) < 4.78 is 0. The Balaban J connectivity index is 1.54. The Morgan fingerprint density at radius 2 is 1.07 bits per heavy atom. The van der Waals surface area contributed by atoms with Crippen molar-refractivity contribution in [2.24, 2.45) is 0 Å². The molecular weight excluding hydrogens is 670 g/mol. The van der Waals surface area contributed by atoms with Crippen LogP contribution in [0.2, 0.25) is 0 Å². The van der Waals surface area contributed by atoms with Gasteiger partial charge in [0.1, 0.15) is 0 Å². The summed E-state index contributed by atoms with van der Waals surface area (Å²) in [5.74, 6) is 2.28. The van der Waals surface area contributed by atoms with Gasteiger partial charge in [0, 0.05) is 5.39 Å². The van der Waals surface area contributed by atoms with Gasteiger partial charge in [-0.1, -0.05) is 24.3 Å². The molecule has 41 heavy (non-hydrogen) atoms. The Kier molecular flexibility index (Phi) is 5.89. The van der Waals surface area contributed by atoms with Crippen LogP contribution in [0.1, 0.15) is 5.56 Å². The van der Waals surface area contributed by atoms with Crippen LogP contribution in [0.15, 0.2) is 78.9 Å². The number of halogens is 1. The number of H-pyrrole nitrogens is 2. The van der Waals surface area contributed by atoms with Gasteiger partial charge in [-0.2, -0.15) is 0 Å². The third-order valence-corrected chi connectivity index (χ3v) is 8.15. The van der Waals surface area contributed by atoms with Crippen molar-refractivity contribution >= 4 is 64.9 Å². The summed E-state index contributed by atoms with van der Waals surface area (Å²) in [6.07, 6.45) is 3.93. The normalized spacial score (nSPS) is 12.7. The van der Waals surface area contributed by atoms with Crippen LogP contribution in [0, 0.1) is 6.07 Å². The molecule has 2 aliphatic heterocycles. The van der Waals surface area contributed by atoms with Crippen LogP contribution in [-0.4, -0.2) is 44.9 Å². The molecule has 8 bridgehead atoms. The summed E-state index contributed by atoms with van der Waals surface area (Å²) in [6, 6.07) is 27.4. The molecule has 0 spiro atoms. The number of hydrogen-bond acceptors (Lipinski definition) is 6. The van der Waals surface area contributed by atoms with E-state index in [9.17, 15) is 0 Å². The van der Waals surface area contributed by atoms with E-state index in [4.69, 9.17) is 29.9 Å². The van der Waals surface area contributed by atoms with Gasteiger partial charge in [0.15, 0.2) is 0 Å². The van der Waals surface area contributed by atoms with E-state index in [1.807, 2.05) is 89.9 Å². The van der Waals surface area contributed by atoms with E-state index in [1.165, 1.54) is 10.8 Å². The van der Waals surface area contributed by atoms with Gasteiger partial charge in [0.05, 0.1) is 0 Å². The second-order valence-electron chi connectivity index (χ2n) is 9.32. The molecule has 8 rings (SSSR count). The summed E-state index contributed by atoms with van der Waals surface area (Å²) in [6.45, 7) is 0. The second kappa shape index (κ2) is 9.90. The summed E-state index contributed by atoms with van der Waals surface area (Å²) >= 11 is 2.25. The molecule has 0 aliphatic carbocycles. The molecule has 3 aromatic carbocycles. The van der Waals surface area contributed by atoms with Gasteiger partial charge in [-0.05, 0) is 0 Å². The van der Waals surface area contributed by atoms with Gasteiger partial charge >= 0.3 is 222 Å². The number of benzene rings is 3. The van der Waals surface area contributed by atoms with E-state index in [2.05, 4.69) is 36.5 Å². The zero-order valence-electron chi connectivity index (χ0n) is 21.0. The van der Waals surface area contributed by atoms with Gasteiger partial charge in [-0.15, -0.1) is 0 Å². The third-order valence-electron chi connectivity index (χ3n) is 6.89. The Morgan fingerprint density at radius 3 is 1.61 bits per heavy atom. The standard InChI is InChI=1S/C31H17N8.HI.Ni/c1-2-9-17-16-24-32-25(17)34-27-20-12-5-6-13-21(20)29(36-27)38-31-23-15-8-7-14-22(23)30(39-31)37-28-19-11-4-3-10-18(19)26(33-24)35-28;;/h1-15H,(H2,32,33,34,35,36,37,38,39);1H;/q-1;;+1/p-1/b9-2-;;. The molecule has 0 unspecified atom stereocenters. The number of hydrogen-bond donors (Lipinski definition) is 2. The maximum absolute atomic E-state index is 5.01. The van der Waals surface area contributed by atoms with Crippen LogP contribution in [-0.2, 0) is 10.8 Å². The van der Waals surface area contributed by atoms with E-state index in [-0.39, 0.29) is 0 Å². The molecule has 2 N–H and O–H groups in total. The predicted molar refractivity (Wildman–Crippen MR) is 167 cm³/mol. The molecule has 0 atom stereocenters. The quantitative estimate of drug-likeness (QED) is 0.118. The Labute approximate surface area is 250 Å². The van der Waals surface area contributed by atoms with E-state index >= 15 is 0 Å². The molecule has 3 aromatic heterocycles. The monoisotopic (exact) mass is 686 g/mol. The predicted octanol–water partition coefficient (Wildman–Crippen LogP) is 6.76. The fourth-order valence-corrected chi connectivity index (χ4v) is 5.79. The van der Waals surface area contributed by atoms with E-state index < -0.39 is 0 Å². The van der Waals surface area contributed by atoms with Gasteiger partial charge in [-0.25, -0.2) is 0 Å². The minimum atomic E-state index is 0.516. The molecule has 0 amide bonds. The average molecular weight is 687 g/mol. The molecule has 0 fully saturated rings. The van der Waals surface area contributed by atoms with Crippen LogP contribution in [0.4, 0.5) is 0 Å². The minimum absolute atomic E-state index is 0.516. The Bertz CT molecular complexity index is 2250. The summed E-state index contributed by atoms with van der Waals surface area (Å²) in [5, 5.41) is 1.89. The molecule has 0 radical (unpaired) electrons. The van der Waals surface area contributed by atoms with Crippen molar-refractivity contribution in [1.82, 2.24) is 39.9 Å². The van der Waals surface area contributed by atoms with Gasteiger partial charge in [0.2, 0.25) is 0 Å². The SMILES string of the molecule is [I][Ni]=[CH]/C=C\c1[c-]c2nc3nc(nc4[nH]c(nc5nc(nc1[nH]2)-c1ccccc1-5)c1ccccc41)-c1ccccc1-3.